The summed E-state index contributed by atoms with van der Waals surface area (Å²) in [5.74, 6) is 0.488. The molecule has 3 fully saturated rings. The predicted molar refractivity (Wildman–Crippen MR) is 167 cm³/mol. The van der Waals surface area contributed by atoms with Crippen LogP contribution in [0.4, 0.5) is 13.2 Å². The third-order valence-corrected chi connectivity index (χ3v) is 11.5. The van der Waals surface area contributed by atoms with E-state index in [0.29, 0.717) is 55.3 Å². The van der Waals surface area contributed by atoms with Gasteiger partial charge < -0.3 is 9.84 Å². The second-order valence-electron chi connectivity index (χ2n) is 12.5. The Bertz CT molecular complexity index is 1440. The summed E-state index contributed by atoms with van der Waals surface area (Å²) < 4.78 is 75.6. The van der Waals surface area contributed by atoms with Crippen LogP contribution in [0, 0.1) is 0 Å². The number of ether oxygens (including phenoxy) is 1. The zero-order chi connectivity index (χ0) is 31.8. The first kappa shape index (κ1) is 33.2. The van der Waals surface area contributed by atoms with Crippen LogP contribution in [0.1, 0.15) is 29.7 Å². The van der Waals surface area contributed by atoms with Gasteiger partial charge in [-0.3, -0.25) is 19.4 Å². The van der Waals surface area contributed by atoms with Crippen molar-refractivity contribution in [2.24, 2.45) is 0 Å². The van der Waals surface area contributed by atoms with E-state index >= 15 is 0 Å². The molecule has 0 amide bonds. The van der Waals surface area contributed by atoms with E-state index in [4.69, 9.17) is 9.84 Å². The molecular formula is C30H43F3N6O4S2. The Morgan fingerprint density at radius 2 is 1.78 bits per heavy atom. The number of aromatic nitrogens is 2. The molecule has 1 saturated carbocycles. The summed E-state index contributed by atoms with van der Waals surface area (Å²) in [4.78, 5) is 7.09. The molecule has 10 nitrogen and oxygen atoms in total. The average Bonchev–Trinajstić information content (AvgIpc) is 3.79. The lowest BCUT2D eigenvalue weighted by Gasteiger charge is -2.35. The van der Waals surface area contributed by atoms with Gasteiger partial charge in [0.1, 0.15) is 0 Å². The topological polar surface area (TPSA) is 94.4 Å². The minimum atomic E-state index is -4.51. The Morgan fingerprint density at radius 1 is 1.04 bits per heavy atom. The van der Waals surface area contributed by atoms with E-state index in [0.717, 1.165) is 63.3 Å². The number of aliphatic hydroxyl groups excluding tert-OH is 1. The highest BCUT2D eigenvalue weighted by atomic mass is 32.2. The van der Waals surface area contributed by atoms with Crippen LogP contribution in [-0.2, 0) is 40.4 Å². The normalized spacial score (nSPS) is 22.1. The number of β-amino-alcohol motifs (C(OH)–C–C–N with tert-alkyl or cyclic N) is 1. The summed E-state index contributed by atoms with van der Waals surface area (Å²) in [6.07, 6.45) is -1.08. The quantitative estimate of drug-likeness (QED) is 0.362. The lowest BCUT2D eigenvalue weighted by Crippen LogP contribution is -2.49. The van der Waals surface area contributed by atoms with Crippen LogP contribution in [0.5, 0.6) is 0 Å². The van der Waals surface area contributed by atoms with Crippen molar-refractivity contribution >= 4 is 21.8 Å². The fourth-order valence-corrected chi connectivity index (χ4v) is 8.48. The summed E-state index contributed by atoms with van der Waals surface area (Å²) in [6.45, 7) is 8.32. The highest BCUT2D eigenvalue weighted by Crippen LogP contribution is 2.40. The molecule has 1 atom stereocenters. The fourth-order valence-electron chi connectivity index (χ4n) is 6.57. The zero-order valence-electron chi connectivity index (χ0n) is 25.7. The lowest BCUT2D eigenvalue weighted by molar-refractivity contribution is -0.139. The van der Waals surface area contributed by atoms with E-state index in [-0.39, 0.29) is 24.5 Å². The molecular weight excluding hydrogens is 629 g/mol. The highest BCUT2D eigenvalue weighted by Gasteiger charge is 2.36. The Morgan fingerprint density at radius 3 is 2.44 bits per heavy atom. The first-order chi connectivity index (χ1) is 21.5. The lowest BCUT2D eigenvalue weighted by atomic mass is 10.0. The molecule has 1 aliphatic carbocycles. The Kier molecular flexibility index (Phi) is 10.2. The summed E-state index contributed by atoms with van der Waals surface area (Å²) >= 11 is 1.17. The number of hydrogen-bond acceptors (Lipinski definition) is 9. The third-order valence-electron chi connectivity index (χ3n) is 9.22. The first-order valence-corrected chi connectivity index (χ1v) is 18.6. The molecule has 250 valence electrons. The molecule has 1 aromatic carbocycles. The monoisotopic (exact) mass is 672 g/mol. The van der Waals surface area contributed by atoms with E-state index in [1.807, 2.05) is 0 Å². The van der Waals surface area contributed by atoms with Gasteiger partial charge in [0.2, 0.25) is 10.0 Å². The number of nitrogens with zero attached hydrogens (tertiary/aromatic N) is 6. The van der Waals surface area contributed by atoms with Crippen molar-refractivity contribution in [1.29, 1.82) is 0 Å². The number of thioether (sulfide) groups is 1. The van der Waals surface area contributed by atoms with Crippen LogP contribution in [0.3, 0.4) is 0 Å². The molecule has 1 N–H and O–H groups in total. The maximum absolute atomic E-state index is 14.1. The molecule has 0 spiro atoms. The van der Waals surface area contributed by atoms with E-state index < -0.39 is 27.9 Å². The molecule has 1 aromatic heterocycles. The Hall–Kier alpha value is -1.72. The van der Waals surface area contributed by atoms with Crippen molar-refractivity contribution in [2.45, 2.75) is 55.6 Å². The number of halogens is 3. The van der Waals surface area contributed by atoms with Gasteiger partial charge in [-0.2, -0.15) is 22.6 Å². The molecule has 4 aliphatic rings. The molecule has 3 aliphatic heterocycles. The fraction of sp³-hybridized carbons (Fsp3) is 0.700. The minimum Gasteiger partial charge on any atom is -0.390 e. The van der Waals surface area contributed by atoms with Crippen LogP contribution >= 0.6 is 11.8 Å². The number of alkyl halides is 3. The zero-order valence-corrected chi connectivity index (χ0v) is 27.3. The highest BCUT2D eigenvalue weighted by molar-refractivity contribution is 7.99. The van der Waals surface area contributed by atoms with Crippen molar-refractivity contribution in [3.05, 3.63) is 35.0 Å². The summed E-state index contributed by atoms with van der Waals surface area (Å²) in [5.41, 5.74) is 1.78. The van der Waals surface area contributed by atoms with Crippen molar-refractivity contribution in [1.82, 2.24) is 28.8 Å². The number of rotatable bonds is 11. The number of aliphatic hydroxyl groups is 1. The van der Waals surface area contributed by atoms with Crippen molar-refractivity contribution < 1.29 is 31.4 Å². The van der Waals surface area contributed by atoms with Gasteiger partial charge >= 0.3 is 6.18 Å². The smallest absolute Gasteiger partial charge is 0.390 e. The third kappa shape index (κ3) is 8.23. The predicted octanol–water partition coefficient (Wildman–Crippen LogP) is 2.45. The van der Waals surface area contributed by atoms with Gasteiger partial charge in [0, 0.05) is 105 Å². The number of piperazine rings is 1. The molecule has 0 radical (unpaired) electrons. The second-order valence-corrected chi connectivity index (χ2v) is 15.7. The molecule has 45 heavy (non-hydrogen) atoms. The van der Waals surface area contributed by atoms with Gasteiger partial charge in [-0.25, -0.2) is 8.42 Å². The van der Waals surface area contributed by atoms with Crippen molar-refractivity contribution in [2.75, 3.05) is 84.1 Å². The Balaban J connectivity index is 1.23. The number of hydrogen-bond donors (Lipinski definition) is 1. The molecule has 2 saturated heterocycles. The molecule has 0 bridgehead atoms. The van der Waals surface area contributed by atoms with E-state index in [2.05, 4.69) is 14.7 Å². The maximum atomic E-state index is 14.1. The van der Waals surface area contributed by atoms with Crippen molar-refractivity contribution in [3.63, 3.8) is 0 Å². The Labute approximate surface area is 267 Å². The van der Waals surface area contributed by atoms with Crippen LogP contribution in [-0.4, -0.2) is 139 Å². The molecule has 2 aromatic rings. The number of benzene rings is 1. The summed E-state index contributed by atoms with van der Waals surface area (Å²) in [7, 11) is -3.49. The molecule has 4 heterocycles. The first-order valence-electron chi connectivity index (χ1n) is 15.8. The van der Waals surface area contributed by atoms with Crippen LogP contribution in [0.25, 0.3) is 11.3 Å². The standard InChI is InChI=1S/C30H43F3N6O4S2/c1-45(41,42)38-7-6-27-25(21-38)29(34-39(27)20-24(40)19-36-8-10-37(11-9-36)23-3-4-23)22-2-5-26(30(31,32)33)28(18-22)44-17-14-35-12-15-43-16-13-35/h2,5,18,23-24,40H,3-4,6-17,19-21H2,1H3. The van der Waals surface area contributed by atoms with Gasteiger partial charge in [-0.15, -0.1) is 11.8 Å². The van der Waals surface area contributed by atoms with E-state index in [1.54, 1.807) is 4.68 Å². The number of sulfonamides is 1. The SMILES string of the molecule is CS(=O)(=O)N1CCc2c(c(-c3ccc(C(F)(F)F)c(SCCN4CCOCC4)c3)nn2CC(O)CN2CCN(C3CC3)CC2)C1. The molecule has 6 rings (SSSR count). The van der Waals surface area contributed by atoms with Gasteiger partial charge in [-0.1, -0.05) is 6.07 Å². The van der Waals surface area contributed by atoms with Crippen LogP contribution in [0.15, 0.2) is 23.1 Å². The van der Waals surface area contributed by atoms with Gasteiger partial charge in [0.25, 0.3) is 0 Å². The second kappa shape index (κ2) is 13.8. The van der Waals surface area contributed by atoms with E-state index in [9.17, 15) is 26.7 Å². The van der Waals surface area contributed by atoms with Gasteiger partial charge in [0.15, 0.2) is 0 Å². The van der Waals surface area contributed by atoms with Crippen molar-refractivity contribution in [3.8, 4) is 11.3 Å². The molecule has 1 unspecified atom stereocenters. The number of fused-ring (bicyclic) bond motifs is 1. The molecule has 15 heteroatoms. The van der Waals surface area contributed by atoms with Gasteiger partial charge in [-0.05, 0) is 25.0 Å². The van der Waals surface area contributed by atoms with Crippen LogP contribution < -0.4 is 0 Å². The average molecular weight is 673 g/mol. The minimum absolute atomic E-state index is 0.0866. The summed E-state index contributed by atoms with van der Waals surface area (Å²) in [5, 5.41) is 16.0. The van der Waals surface area contributed by atoms with Crippen LogP contribution in [0.2, 0.25) is 0 Å². The van der Waals surface area contributed by atoms with Gasteiger partial charge in [0.05, 0.1) is 43.4 Å². The summed E-state index contributed by atoms with van der Waals surface area (Å²) in [6, 6.07) is 4.79. The largest absolute Gasteiger partial charge is 0.417 e. The van der Waals surface area contributed by atoms with E-state index in [1.165, 1.54) is 41.0 Å². The number of morpholine rings is 1. The maximum Gasteiger partial charge on any atom is 0.417 e.